The van der Waals surface area contributed by atoms with Gasteiger partial charge in [0.05, 0.1) is 13.3 Å². The molecule has 0 aliphatic carbocycles. The molecule has 2 heterocycles. The minimum atomic E-state index is -0.495. The van der Waals surface area contributed by atoms with Gasteiger partial charge >= 0.3 is 5.97 Å². The molecular formula is C11H14N6O2. The van der Waals surface area contributed by atoms with Gasteiger partial charge in [-0.1, -0.05) is 5.21 Å². The summed E-state index contributed by atoms with van der Waals surface area (Å²) in [5.74, 6) is 0.122. The van der Waals surface area contributed by atoms with Crippen molar-refractivity contribution in [3.05, 3.63) is 30.2 Å². The number of nitrogens with zero attached hydrogens (tertiary/aromatic N) is 5. The number of aryl methyl sites for hydroxylation is 1. The molecule has 0 bridgehead atoms. The molecule has 0 saturated heterocycles. The van der Waals surface area contributed by atoms with Crippen molar-refractivity contribution in [2.24, 2.45) is 0 Å². The summed E-state index contributed by atoms with van der Waals surface area (Å²) in [5, 5.41) is 18.3. The van der Waals surface area contributed by atoms with Crippen LogP contribution in [0.1, 0.15) is 16.9 Å². The van der Waals surface area contributed by atoms with E-state index in [1.54, 1.807) is 23.0 Å². The number of hydrogen-bond acceptors (Lipinski definition) is 7. The molecule has 0 unspecified atom stereocenters. The maximum absolute atomic E-state index is 11.2. The maximum atomic E-state index is 11.2. The average Bonchev–Trinajstić information content (AvgIpc) is 2.96. The third-order valence-corrected chi connectivity index (χ3v) is 2.40. The van der Waals surface area contributed by atoms with E-state index in [1.165, 1.54) is 7.11 Å². The molecule has 100 valence electrons. The largest absolute Gasteiger partial charge is 0.464 e. The third-order valence-electron chi connectivity index (χ3n) is 2.40. The van der Waals surface area contributed by atoms with Gasteiger partial charge in [-0.3, -0.25) is 4.68 Å². The quantitative estimate of drug-likeness (QED) is 0.593. The van der Waals surface area contributed by atoms with Crippen LogP contribution in [0.25, 0.3) is 0 Å². The van der Waals surface area contributed by atoms with Crippen molar-refractivity contribution >= 4 is 11.8 Å². The number of aromatic nitrogens is 5. The zero-order valence-electron chi connectivity index (χ0n) is 10.5. The van der Waals surface area contributed by atoms with Crippen molar-refractivity contribution in [2.45, 2.75) is 13.0 Å². The van der Waals surface area contributed by atoms with Crippen LogP contribution in [0.5, 0.6) is 0 Å². The van der Waals surface area contributed by atoms with Crippen LogP contribution in [0.2, 0.25) is 0 Å². The minimum absolute atomic E-state index is 0.190. The average molecular weight is 262 g/mol. The zero-order chi connectivity index (χ0) is 13.5. The van der Waals surface area contributed by atoms with Crippen LogP contribution in [0.4, 0.5) is 5.82 Å². The van der Waals surface area contributed by atoms with E-state index < -0.39 is 5.97 Å². The van der Waals surface area contributed by atoms with E-state index in [1.807, 2.05) is 6.20 Å². The van der Waals surface area contributed by atoms with E-state index in [0.29, 0.717) is 5.82 Å². The number of ether oxygens (including phenoxy) is 1. The Morgan fingerprint density at radius 1 is 1.42 bits per heavy atom. The molecule has 1 N–H and O–H groups in total. The van der Waals surface area contributed by atoms with Crippen LogP contribution in [0.3, 0.4) is 0 Å². The Kier molecular flexibility index (Phi) is 4.38. The summed E-state index contributed by atoms with van der Waals surface area (Å²) in [6, 6.07) is 3.26. The Morgan fingerprint density at radius 3 is 2.95 bits per heavy atom. The van der Waals surface area contributed by atoms with Gasteiger partial charge in [-0.2, -0.15) is 0 Å². The normalized spacial score (nSPS) is 10.2. The standard InChI is InChI=1S/C11H14N6O2/c1-19-11(18)9-3-4-10(15-14-9)12-5-2-7-17-8-6-13-16-17/h3-4,6,8H,2,5,7H2,1H3,(H,12,15). The summed E-state index contributed by atoms with van der Waals surface area (Å²) < 4.78 is 6.30. The first-order valence-electron chi connectivity index (χ1n) is 5.79. The Balaban J connectivity index is 1.75. The minimum Gasteiger partial charge on any atom is -0.464 e. The van der Waals surface area contributed by atoms with Crippen LogP contribution in [-0.2, 0) is 11.3 Å². The van der Waals surface area contributed by atoms with Gasteiger partial charge in [-0.05, 0) is 18.6 Å². The number of nitrogens with one attached hydrogen (secondary N) is 1. The van der Waals surface area contributed by atoms with E-state index in [4.69, 9.17) is 0 Å². The van der Waals surface area contributed by atoms with E-state index in [2.05, 4.69) is 30.6 Å². The van der Waals surface area contributed by atoms with Crippen LogP contribution in [0.15, 0.2) is 24.5 Å². The first kappa shape index (κ1) is 12.9. The van der Waals surface area contributed by atoms with E-state index in [-0.39, 0.29) is 5.69 Å². The summed E-state index contributed by atoms with van der Waals surface area (Å²) in [5.41, 5.74) is 0.190. The van der Waals surface area contributed by atoms with Crippen LogP contribution in [-0.4, -0.2) is 44.8 Å². The summed E-state index contributed by atoms with van der Waals surface area (Å²) in [4.78, 5) is 11.2. The molecular weight excluding hydrogens is 248 g/mol. The highest BCUT2D eigenvalue weighted by molar-refractivity contribution is 5.86. The monoisotopic (exact) mass is 262 g/mol. The van der Waals surface area contributed by atoms with E-state index >= 15 is 0 Å². The van der Waals surface area contributed by atoms with Gasteiger partial charge in [-0.25, -0.2) is 4.79 Å². The summed E-state index contributed by atoms with van der Waals surface area (Å²) in [6.45, 7) is 1.51. The lowest BCUT2D eigenvalue weighted by atomic mass is 10.3. The summed E-state index contributed by atoms with van der Waals surface area (Å²) in [6.07, 6.45) is 4.33. The molecule has 0 radical (unpaired) electrons. The van der Waals surface area contributed by atoms with Crippen molar-refractivity contribution in [1.82, 2.24) is 25.2 Å². The zero-order valence-corrected chi connectivity index (χ0v) is 10.5. The van der Waals surface area contributed by atoms with E-state index in [9.17, 15) is 4.79 Å². The fourth-order valence-corrected chi connectivity index (χ4v) is 1.45. The lowest BCUT2D eigenvalue weighted by molar-refractivity contribution is 0.0593. The van der Waals surface area contributed by atoms with Crippen molar-refractivity contribution in [3.8, 4) is 0 Å². The number of methoxy groups -OCH3 is 1. The maximum Gasteiger partial charge on any atom is 0.358 e. The number of rotatable bonds is 6. The molecule has 0 fully saturated rings. The lowest BCUT2D eigenvalue weighted by Gasteiger charge is -2.05. The van der Waals surface area contributed by atoms with Crippen molar-refractivity contribution in [1.29, 1.82) is 0 Å². The molecule has 0 aliphatic rings. The second-order valence-corrected chi connectivity index (χ2v) is 3.74. The highest BCUT2D eigenvalue weighted by Crippen LogP contribution is 2.03. The molecule has 0 atom stereocenters. The van der Waals surface area contributed by atoms with Crippen LogP contribution >= 0.6 is 0 Å². The Labute approximate surface area is 109 Å². The van der Waals surface area contributed by atoms with E-state index in [0.717, 1.165) is 19.5 Å². The predicted molar refractivity (Wildman–Crippen MR) is 66.5 cm³/mol. The molecule has 0 saturated carbocycles. The van der Waals surface area contributed by atoms with Gasteiger partial charge in [0.1, 0.15) is 5.82 Å². The van der Waals surface area contributed by atoms with Gasteiger partial charge in [0, 0.05) is 19.3 Å². The highest BCUT2D eigenvalue weighted by atomic mass is 16.5. The smallest absolute Gasteiger partial charge is 0.358 e. The summed E-state index contributed by atoms with van der Waals surface area (Å²) >= 11 is 0. The summed E-state index contributed by atoms with van der Waals surface area (Å²) in [7, 11) is 1.31. The first-order chi connectivity index (χ1) is 9.29. The molecule has 19 heavy (non-hydrogen) atoms. The number of carbonyl (C=O) groups excluding carboxylic acids is 1. The first-order valence-corrected chi connectivity index (χ1v) is 5.79. The third kappa shape index (κ3) is 3.73. The number of esters is 1. The van der Waals surface area contributed by atoms with Crippen LogP contribution in [0, 0.1) is 0 Å². The van der Waals surface area contributed by atoms with Gasteiger partial charge in [0.15, 0.2) is 5.69 Å². The second-order valence-electron chi connectivity index (χ2n) is 3.74. The SMILES string of the molecule is COC(=O)c1ccc(NCCCn2ccnn2)nn1. The van der Waals surface area contributed by atoms with Crippen LogP contribution < -0.4 is 5.32 Å². The molecule has 0 spiro atoms. The van der Waals surface area contributed by atoms with Gasteiger partial charge < -0.3 is 10.1 Å². The molecule has 2 aromatic rings. The molecule has 0 amide bonds. The van der Waals surface area contributed by atoms with Crippen molar-refractivity contribution in [2.75, 3.05) is 19.0 Å². The lowest BCUT2D eigenvalue weighted by Crippen LogP contribution is -2.10. The topological polar surface area (TPSA) is 94.8 Å². The number of carbonyl (C=O) groups is 1. The van der Waals surface area contributed by atoms with Crippen molar-refractivity contribution in [3.63, 3.8) is 0 Å². The predicted octanol–water partition coefficient (Wildman–Crippen LogP) is 0.357. The molecule has 8 nitrogen and oxygen atoms in total. The van der Waals surface area contributed by atoms with Gasteiger partial charge in [0.2, 0.25) is 0 Å². The molecule has 0 aromatic carbocycles. The molecule has 2 aromatic heterocycles. The van der Waals surface area contributed by atoms with Crippen molar-refractivity contribution < 1.29 is 9.53 Å². The Morgan fingerprint density at radius 2 is 2.32 bits per heavy atom. The number of hydrogen-bond donors (Lipinski definition) is 1. The molecule has 0 aliphatic heterocycles. The Hall–Kier alpha value is -2.51. The Bertz CT molecular complexity index is 510. The molecule has 8 heteroatoms. The number of anilines is 1. The van der Waals surface area contributed by atoms with Gasteiger partial charge in [-0.15, -0.1) is 15.3 Å². The fourth-order valence-electron chi connectivity index (χ4n) is 1.45. The molecule has 2 rings (SSSR count). The van der Waals surface area contributed by atoms with Gasteiger partial charge in [0.25, 0.3) is 0 Å². The second kappa shape index (κ2) is 6.43. The fraction of sp³-hybridized carbons (Fsp3) is 0.364. The highest BCUT2D eigenvalue weighted by Gasteiger charge is 2.07.